The summed E-state index contributed by atoms with van der Waals surface area (Å²) in [6.45, 7) is 4.23. The van der Waals surface area contributed by atoms with Gasteiger partial charge in [0.25, 0.3) is 0 Å². The van der Waals surface area contributed by atoms with E-state index in [2.05, 4.69) is 66.8 Å². The molecule has 0 saturated heterocycles. The van der Waals surface area contributed by atoms with Crippen LogP contribution in [0, 0.1) is 17.4 Å². The smallest absolute Gasteiger partial charge is 0.0938 e. The van der Waals surface area contributed by atoms with E-state index < -0.39 is 0 Å². The molecule has 1 unspecified atom stereocenters. The van der Waals surface area contributed by atoms with Gasteiger partial charge in [0, 0.05) is 13.3 Å². The molecule has 0 N–H and O–H groups in total. The minimum Gasteiger partial charge on any atom is -0.144 e. The van der Waals surface area contributed by atoms with Crippen LogP contribution in [0.5, 0.6) is 0 Å². The summed E-state index contributed by atoms with van der Waals surface area (Å²) in [5.41, 5.74) is 2.50. The van der Waals surface area contributed by atoms with Crippen molar-refractivity contribution in [1.82, 2.24) is 0 Å². The standard InChI is InChI=1S/C13H12ClIS/c1-8-4-3-5-10(13(8)15)12(14)11-7-6-9(2)16-11/h3-7,12H,1-2H3. The second-order valence-corrected chi connectivity index (χ2v) is 6.62. The van der Waals surface area contributed by atoms with Crippen molar-refractivity contribution in [1.29, 1.82) is 0 Å². The number of halogens is 2. The third-order valence-electron chi connectivity index (χ3n) is 2.51. The molecule has 1 aromatic heterocycles. The lowest BCUT2D eigenvalue weighted by atomic mass is 10.1. The summed E-state index contributed by atoms with van der Waals surface area (Å²) in [6, 6.07) is 10.5. The van der Waals surface area contributed by atoms with Crippen LogP contribution in [-0.2, 0) is 0 Å². The molecule has 2 rings (SSSR count). The summed E-state index contributed by atoms with van der Waals surface area (Å²) in [4.78, 5) is 2.53. The van der Waals surface area contributed by atoms with E-state index in [4.69, 9.17) is 11.6 Å². The van der Waals surface area contributed by atoms with E-state index in [1.54, 1.807) is 11.3 Å². The van der Waals surface area contributed by atoms with Gasteiger partial charge in [-0.15, -0.1) is 22.9 Å². The molecule has 0 radical (unpaired) electrons. The highest BCUT2D eigenvalue weighted by atomic mass is 127. The fourth-order valence-electron chi connectivity index (χ4n) is 1.61. The molecular formula is C13H12ClIS. The number of aryl methyl sites for hydroxylation is 2. The van der Waals surface area contributed by atoms with Crippen LogP contribution in [0.3, 0.4) is 0 Å². The molecule has 16 heavy (non-hydrogen) atoms. The molecule has 3 heteroatoms. The van der Waals surface area contributed by atoms with Gasteiger partial charge in [-0.3, -0.25) is 0 Å². The third kappa shape index (κ3) is 2.44. The lowest BCUT2D eigenvalue weighted by Gasteiger charge is -2.11. The van der Waals surface area contributed by atoms with Gasteiger partial charge in [0.15, 0.2) is 0 Å². The van der Waals surface area contributed by atoms with Crippen LogP contribution >= 0.6 is 45.5 Å². The highest BCUT2D eigenvalue weighted by Gasteiger charge is 2.16. The first-order valence-electron chi connectivity index (χ1n) is 5.05. The summed E-state index contributed by atoms with van der Waals surface area (Å²) < 4.78 is 1.27. The Bertz CT molecular complexity index is 504. The van der Waals surface area contributed by atoms with Gasteiger partial charge in [0.1, 0.15) is 0 Å². The second kappa shape index (κ2) is 5.07. The number of alkyl halides is 1. The van der Waals surface area contributed by atoms with Gasteiger partial charge < -0.3 is 0 Å². The first-order chi connectivity index (χ1) is 7.59. The van der Waals surface area contributed by atoms with Crippen molar-refractivity contribution in [2.24, 2.45) is 0 Å². The molecule has 0 bridgehead atoms. The fraction of sp³-hybridized carbons (Fsp3) is 0.231. The molecule has 0 fully saturated rings. The van der Waals surface area contributed by atoms with Crippen molar-refractivity contribution in [3.8, 4) is 0 Å². The van der Waals surface area contributed by atoms with Crippen LogP contribution in [0.2, 0.25) is 0 Å². The molecule has 0 amide bonds. The minimum atomic E-state index is -0.0227. The molecule has 0 aliphatic rings. The van der Waals surface area contributed by atoms with Crippen molar-refractivity contribution in [2.75, 3.05) is 0 Å². The van der Waals surface area contributed by atoms with Crippen molar-refractivity contribution in [2.45, 2.75) is 19.2 Å². The average molecular weight is 363 g/mol. The number of thiophene rings is 1. The third-order valence-corrected chi connectivity index (χ3v) is 5.64. The molecule has 0 saturated carbocycles. The molecule has 84 valence electrons. The summed E-state index contributed by atoms with van der Waals surface area (Å²) in [6.07, 6.45) is 0. The van der Waals surface area contributed by atoms with E-state index in [0.717, 1.165) is 0 Å². The van der Waals surface area contributed by atoms with Crippen LogP contribution in [0.1, 0.15) is 26.3 Å². The van der Waals surface area contributed by atoms with Gasteiger partial charge in [-0.1, -0.05) is 18.2 Å². The number of hydrogen-bond donors (Lipinski definition) is 0. The lowest BCUT2D eigenvalue weighted by molar-refractivity contribution is 1.15. The minimum absolute atomic E-state index is 0.0227. The maximum Gasteiger partial charge on any atom is 0.0938 e. The maximum atomic E-state index is 6.53. The van der Waals surface area contributed by atoms with Gasteiger partial charge in [-0.25, -0.2) is 0 Å². The van der Waals surface area contributed by atoms with Crippen molar-refractivity contribution >= 4 is 45.5 Å². The molecule has 0 nitrogen and oxygen atoms in total. The summed E-state index contributed by atoms with van der Waals surface area (Å²) in [7, 11) is 0. The summed E-state index contributed by atoms with van der Waals surface area (Å²) in [5, 5.41) is -0.0227. The highest BCUT2D eigenvalue weighted by Crippen LogP contribution is 2.36. The van der Waals surface area contributed by atoms with Crippen LogP contribution in [0.15, 0.2) is 30.3 Å². The zero-order valence-corrected chi connectivity index (χ0v) is 12.9. The molecule has 0 spiro atoms. The Morgan fingerprint density at radius 3 is 2.56 bits per heavy atom. The Hall–Kier alpha value is -0.0600. The quantitative estimate of drug-likeness (QED) is 0.502. The zero-order valence-electron chi connectivity index (χ0n) is 9.13. The van der Waals surface area contributed by atoms with Gasteiger partial charge in [0.2, 0.25) is 0 Å². The Balaban J connectivity index is 2.41. The SMILES string of the molecule is Cc1ccc(C(Cl)c2cccc(C)c2I)s1. The van der Waals surface area contributed by atoms with Gasteiger partial charge >= 0.3 is 0 Å². The lowest BCUT2D eigenvalue weighted by Crippen LogP contribution is -1.95. The van der Waals surface area contributed by atoms with E-state index in [0.29, 0.717) is 0 Å². The van der Waals surface area contributed by atoms with Crippen LogP contribution in [0.4, 0.5) is 0 Å². The Labute approximate surface area is 119 Å². The van der Waals surface area contributed by atoms with Gasteiger partial charge in [0.05, 0.1) is 5.38 Å². The average Bonchev–Trinajstić information content (AvgIpc) is 2.68. The second-order valence-electron chi connectivity index (χ2n) is 3.79. The van der Waals surface area contributed by atoms with E-state index >= 15 is 0 Å². The Morgan fingerprint density at radius 1 is 1.19 bits per heavy atom. The molecule has 2 aromatic rings. The van der Waals surface area contributed by atoms with Crippen LogP contribution in [-0.4, -0.2) is 0 Å². The van der Waals surface area contributed by atoms with Gasteiger partial charge in [-0.05, 0) is 59.7 Å². The van der Waals surface area contributed by atoms with E-state index in [-0.39, 0.29) is 5.38 Å². The zero-order chi connectivity index (χ0) is 11.7. The highest BCUT2D eigenvalue weighted by molar-refractivity contribution is 14.1. The molecule has 0 aliphatic carbocycles. The normalized spacial score (nSPS) is 12.8. The maximum absolute atomic E-state index is 6.53. The first kappa shape index (κ1) is 12.4. The topological polar surface area (TPSA) is 0 Å². The molecule has 1 aromatic carbocycles. The van der Waals surface area contributed by atoms with E-state index in [9.17, 15) is 0 Å². The molecule has 0 aliphatic heterocycles. The van der Waals surface area contributed by atoms with Crippen molar-refractivity contribution in [3.05, 3.63) is 54.8 Å². The Kier molecular flexibility index (Phi) is 3.93. The van der Waals surface area contributed by atoms with Crippen molar-refractivity contribution < 1.29 is 0 Å². The first-order valence-corrected chi connectivity index (χ1v) is 7.38. The fourth-order valence-corrected chi connectivity index (χ4v) is 3.73. The summed E-state index contributed by atoms with van der Waals surface area (Å²) >= 11 is 10.7. The summed E-state index contributed by atoms with van der Waals surface area (Å²) in [5.74, 6) is 0. The molecule has 1 atom stereocenters. The van der Waals surface area contributed by atoms with E-state index in [1.807, 2.05) is 0 Å². The predicted molar refractivity (Wildman–Crippen MR) is 80.6 cm³/mol. The molecular weight excluding hydrogens is 351 g/mol. The largest absolute Gasteiger partial charge is 0.144 e. The predicted octanol–water partition coefficient (Wildman–Crippen LogP) is 5.30. The number of benzene rings is 1. The van der Waals surface area contributed by atoms with Gasteiger partial charge in [-0.2, -0.15) is 0 Å². The van der Waals surface area contributed by atoms with Crippen LogP contribution < -0.4 is 0 Å². The monoisotopic (exact) mass is 362 g/mol. The molecule has 1 heterocycles. The Morgan fingerprint density at radius 2 is 1.94 bits per heavy atom. The number of hydrogen-bond acceptors (Lipinski definition) is 1. The van der Waals surface area contributed by atoms with E-state index in [1.165, 1.54) is 24.5 Å². The van der Waals surface area contributed by atoms with Crippen molar-refractivity contribution in [3.63, 3.8) is 0 Å². The van der Waals surface area contributed by atoms with Crippen LogP contribution in [0.25, 0.3) is 0 Å². The number of rotatable bonds is 2.